The Hall–Kier alpha value is -1.63. The highest BCUT2D eigenvalue weighted by atomic mass is 35.5. The van der Waals surface area contributed by atoms with Crippen LogP contribution in [0.25, 0.3) is 0 Å². The fourth-order valence-electron chi connectivity index (χ4n) is 3.57. The summed E-state index contributed by atoms with van der Waals surface area (Å²) in [7, 11) is 0. The number of hydrogen-bond acceptors (Lipinski definition) is 4. The Morgan fingerprint density at radius 3 is 2.24 bits per heavy atom. The molecule has 3 atom stereocenters. The predicted molar refractivity (Wildman–Crippen MR) is 91.2 cm³/mol. The van der Waals surface area contributed by atoms with E-state index in [1.54, 1.807) is 17.0 Å². The highest BCUT2D eigenvalue weighted by Gasteiger charge is 2.38. The Labute approximate surface area is 151 Å². The molecule has 25 heavy (non-hydrogen) atoms. The van der Waals surface area contributed by atoms with E-state index in [0.717, 1.165) is 5.56 Å². The number of hydrogen-bond donors (Lipinski definition) is 2. The number of carbonyl (C=O) groups is 2. The summed E-state index contributed by atoms with van der Waals surface area (Å²) in [6.45, 7) is 1.09. The molecule has 3 rings (SSSR count). The van der Waals surface area contributed by atoms with Crippen molar-refractivity contribution in [3.05, 3.63) is 34.9 Å². The lowest BCUT2D eigenvalue weighted by Crippen LogP contribution is -2.44. The monoisotopic (exact) mass is 367 g/mol. The lowest BCUT2D eigenvalue weighted by atomic mass is 9.87. The first-order valence-electron chi connectivity index (χ1n) is 8.56. The number of aliphatic carboxylic acids is 1. The van der Waals surface area contributed by atoms with Gasteiger partial charge in [-0.2, -0.15) is 0 Å². The van der Waals surface area contributed by atoms with Crippen molar-refractivity contribution in [2.75, 3.05) is 13.1 Å². The van der Waals surface area contributed by atoms with Crippen LogP contribution in [0.2, 0.25) is 5.02 Å². The summed E-state index contributed by atoms with van der Waals surface area (Å²) in [4.78, 5) is 25.1. The summed E-state index contributed by atoms with van der Waals surface area (Å²) >= 11 is 5.87. The maximum absolute atomic E-state index is 12.5. The minimum Gasteiger partial charge on any atom is -0.479 e. The normalized spacial score (nSPS) is 25.8. The van der Waals surface area contributed by atoms with Crippen LogP contribution in [0.15, 0.2) is 24.3 Å². The summed E-state index contributed by atoms with van der Waals surface area (Å²) in [5.74, 6) is -1.07. The number of carboxylic acid groups (broad SMARTS) is 1. The molecule has 0 spiro atoms. The van der Waals surface area contributed by atoms with E-state index < -0.39 is 24.3 Å². The molecule has 1 aromatic carbocycles. The molecule has 136 valence electrons. The van der Waals surface area contributed by atoms with E-state index in [1.807, 2.05) is 12.1 Å². The first-order valence-corrected chi connectivity index (χ1v) is 8.94. The number of piperidine rings is 1. The Morgan fingerprint density at radius 2 is 1.68 bits per heavy atom. The van der Waals surface area contributed by atoms with Gasteiger partial charge < -0.3 is 19.8 Å². The third kappa shape index (κ3) is 4.14. The molecule has 2 saturated heterocycles. The zero-order valence-corrected chi connectivity index (χ0v) is 14.6. The second-order valence-corrected chi connectivity index (χ2v) is 7.12. The first-order chi connectivity index (χ1) is 12.0. The molecule has 1 unspecified atom stereocenters. The molecule has 0 radical (unpaired) electrons. The van der Waals surface area contributed by atoms with E-state index in [0.29, 0.717) is 43.8 Å². The quantitative estimate of drug-likeness (QED) is 0.852. The van der Waals surface area contributed by atoms with E-state index in [2.05, 4.69) is 0 Å². The third-order valence-electron chi connectivity index (χ3n) is 5.08. The first kappa shape index (κ1) is 18.2. The van der Waals surface area contributed by atoms with E-state index in [4.69, 9.17) is 21.4 Å². The van der Waals surface area contributed by atoms with Crippen LogP contribution in [-0.4, -0.2) is 52.3 Å². The molecule has 0 bridgehead atoms. The van der Waals surface area contributed by atoms with Crippen LogP contribution in [0.3, 0.4) is 0 Å². The summed E-state index contributed by atoms with van der Waals surface area (Å²) < 4.78 is 5.34. The molecule has 1 aromatic rings. The van der Waals surface area contributed by atoms with Gasteiger partial charge in [-0.25, -0.2) is 4.79 Å². The van der Waals surface area contributed by atoms with Crippen molar-refractivity contribution >= 4 is 23.5 Å². The number of aliphatic hydroxyl groups is 1. The van der Waals surface area contributed by atoms with E-state index in [1.165, 1.54) is 0 Å². The van der Waals surface area contributed by atoms with Gasteiger partial charge in [-0.15, -0.1) is 0 Å². The molecule has 2 N–H and O–H groups in total. The van der Waals surface area contributed by atoms with Gasteiger partial charge in [0.2, 0.25) is 0 Å². The minimum absolute atomic E-state index is 0.0847. The number of carboxylic acids is 1. The molecule has 1 amide bonds. The Balaban J connectivity index is 1.52. The Bertz CT molecular complexity index is 627. The number of nitrogens with zero attached hydrogens (tertiary/aromatic N) is 1. The van der Waals surface area contributed by atoms with Gasteiger partial charge in [-0.05, 0) is 49.3 Å². The van der Waals surface area contributed by atoms with Crippen LogP contribution < -0.4 is 0 Å². The van der Waals surface area contributed by atoms with Crippen molar-refractivity contribution in [2.45, 2.75) is 44.0 Å². The third-order valence-corrected chi connectivity index (χ3v) is 5.33. The minimum atomic E-state index is -1.01. The summed E-state index contributed by atoms with van der Waals surface area (Å²) in [5, 5.41) is 20.1. The molecule has 2 heterocycles. The van der Waals surface area contributed by atoms with Gasteiger partial charge in [-0.3, -0.25) is 4.79 Å². The second-order valence-electron chi connectivity index (χ2n) is 6.69. The van der Waals surface area contributed by atoms with E-state index >= 15 is 0 Å². The number of ether oxygens (including phenoxy) is 1. The molecule has 6 nitrogen and oxygen atoms in total. The predicted octanol–water partition coefficient (Wildman–Crippen LogP) is 2.24. The van der Waals surface area contributed by atoms with Crippen LogP contribution in [-0.2, 0) is 14.3 Å². The second kappa shape index (κ2) is 7.72. The van der Waals surface area contributed by atoms with Gasteiger partial charge in [0.25, 0.3) is 5.91 Å². The fourth-order valence-corrected chi connectivity index (χ4v) is 3.70. The molecule has 0 aliphatic carbocycles. The largest absolute Gasteiger partial charge is 0.479 e. The summed E-state index contributed by atoms with van der Waals surface area (Å²) in [6.07, 6.45) is 0.112. The zero-order valence-electron chi connectivity index (χ0n) is 13.8. The van der Waals surface area contributed by atoms with Gasteiger partial charge >= 0.3 is 5.97 Å². The molecule has 2 aliphatic rings. The Kier molecular flexibility index (Phi) is 5.61. The molecular weight excluding hydrogens is 346 g/mol. The number of rotatable bonds is 4. The van der Waals surface area contributed by atoms with Gasteiger partial charge in [0.15, 0.2) is 6.10 Å². The standard InChI is InChI=1S/C18H22ClNO5/c19-13-3-1-11(2-4-13)16(21)12-7-9-20(10-8-12)17(22)14-5-6-15(25-14)18(23)24/h1-4,12,14-16,21H,5-10H2,(H,23,24)/t14-,15+,16?/m0/s1. The number of amides is 1. The topological polar surface area (TPSA) is 87.1 Å². The van der Waals surface area contributed by atoms with E-state index in [-0.39, 0.29) is 11.8 Å². The molecule has 0 aromatic heterocycles. The SMILES string of the molecule is O=C(O)[C@H]1CC[C@@H](C(=O)N2CCC(C(O)c3ccc(Cl)cc3)CC2)O1. The van der Waals surface area contributed by atoms with Crippen molar-refractivity contribution in [1.82, 2.24) is 4.90 Å². The zero-order chi connectivity index (χ0) is 18.0. The number of halogens is 1. The van der Waals surface area contributed by atoms with Crippen LogP contribution >= 0.6 is 11.6 Å². The lowest BCUT2D eigenvalue weighted by Gasteiger charge is -2.35. The van der Waals surface area contributed by atoms with Crippen molar-refractivity contribution < 1.29 is 24.5 Å². The van der Waals surface area contributed by atoms with Crippen LogP contribution in [0, 0.1) is 5.92 Å². The number of likely N-dealkylation sites (tertiary alicyclic amines) is 1. The molecule has 0 saturated carbocycles. The summed E-state index contributed by atoms with van der Waals surface area (Å²) in [6, 6.07) is 7.16. The summed E-state index contributed by atoms with van der Waals surface area (Å²) in [5.41, 5.74) is 0.831. The Morgan fingerprint density at radius 1 is 1.08 bits per heavy atom. The van der Waals surface area contributed by atoms with Gasteiger partial charge in [0.05, 0.1) is 6.10 Å². The van der Waals surface area contributed by atoms with Gasteiger partial charge in [0.1, 0.15) is 6.10 Å². The van der Waals surface area contributed by atoms with Crippen LogP contribution in [0.4, 0.5) is 0 Å². The van der Waals surface area contributed by atoms with Crippen LogP contribution in [0.1, 0.15) is 37.4 Å². The average molecular weight is 368 g/mol. The highest BCUT2D eigenvalue weighted by molar-refractivity contribution is 6.30. The van der Waals surface area contributed by atoms with Crippen molar-refractivity contribution in [3.8, 4) is 0 Å². The fraction of sp³-hybridized carbons (Fsp3) is 0.556. The molecular formula is C18H22ClNO5. The number of carbonyl (C=O) groups excluding carboxylic acids is 1. The lowest BCUT2D eigenvalue weighted by molar-refractivity contribution is -0.155. The van der Waals surface area contributed by atoms with E-state index in [9.17, 15) is 14.7 Å². The van der Waals surface area contributed by atoms with Crippen molar-refractivity contribution in [3.63, 3.8) is 0 Å². The maximum atomic E-state index is 12.5. The van der Waals surface area contributed by atoms with Crippen molar-refractivity contribution in [2.24, 2.45) is 5.92 Å². The maximum Gasteiger partial charge on any atom is 0.332 e. The number of aliphatic hydroxyl groups excluding tert-OH is 1. The molecule has 2 aliphatic heterocycles. The smallest absolute Gasteiger partial charge is 0.332 e. The average Bonchev–Trinajstić information content (AvgIpc) is 3.12. The molecule has 2 fully saturated rings. The van der Waals surface area contributed by atoms with Gasteiger partial charge in [0, 0.05) is 18.1 Å². The van der Waals surface area contributed by atoms with Crippen molar-refractivity contribution in [1.29, 1.82) is 0 Å². The highest BCUT2D eigenvalue weighted by Crippen LogP contribution is 2.32. The van der Waals surface area contributed by atoms with Crippen LogP contribution in [0.5, 0.6) is 0 Å². The number of benzene rings is 1. The molecule has 7 heteroatoms. The van der Waals surface area contributed by atoms with Gasteiger partial charge in [-0.1, -0.05) is 23.7 Å².